The van der Waals surface area contributed by atoms with Crippen molar-refractivity contribution in [2.75, 3.05) is 40.3 Å². The third kappa shape index (κ3) is 4.77. The first kappa shape index (κ1) is 21.3. The Bertz CT molecular complexity index is 969. The average Bonchev–Trinajstić information content (AvgIpc) is 2.74. The number of carbonyl (C=O) groups excluding carboxylic acids is 1. The number of amides is 1. The summed E-state index contributed by atoms with van der Waals surface area (Å²) in [6, 6.07) is 13.4. The normalized spacial score (nSPS) is 16.9. The summed E-state index contributed by atoms with van der Waals surface area (Å²) in [7, 11) is -0.0727. The SMILES string of the molecule is COc1ccccc1C(C)NC(=O)c1cccc(S(=O)(=O)N2CCN(C)CC2)c1. The van der Waals surface area contributed by atoms with Crippen molar-refractivity contribution in [1.82, 2.24) is 14.5 Å². The summed E-state index contributed by atoms with van der Waals surface area (Å²) in [5.41, 5.74) is 1.16. The van der Waals surface area contributed by atoms with Gasteiger partial charge >= 0.3 is 0 Å². The molecule has 8 heteroatoms. The number of rotatable bonds is 6. The number of hydrogen-bond donors (Lipinski definition) is 1. The standard InChI is InChI=1S/C21H27N3O4S/c1-16(19-9-4-5-10-20(19)28-3)22-21(25)17-7-6-8-18(15-17)29(26,27)24-13-11-23(2)12-14-24/h4-10,15-16H,11-14H2,1-3H3,(H,22,25). The molecule has 0 aromatic heterocycles. The van der Waals surface area contributed by atoms with Gasteiger partial charge in [0, 0.05) is 37.3 Å². The molecular weight excluding hydrogens is 390 g/mol. The van der Waals surface area contributed by atoms with Crippen LogP contribution in [0, 0.1) is 0 Å². The molecule has 2 aromatic rings. The number of sulfonamides is 1. The van der Waals surface area contributed by atoms with Crippen LogP contribution in [-0.2, 0) is 10.0 Å². The Balaban J connectivity index is 1.77. The largest absolute Gasteiger partial charge is 0.496 e. The molecule has 156 valence electrons. The second-order valence-electron chi connectivity index (χ2n) is 7.17. The second kappa shape index (κ2) is 8.94. The molecule has 1 heterocycles. The number of nitrogens with zero attached hydrogens (tertiary/aromatic N) is 2. The number of piperazine rings is 1. The number of carbonyl (C=O) groups is 1. The van der Waals surface area contributed by atoms with Crippen molar-refractivity contribution in [3.05, 3.63) is 59.7 Å². The van der Waals surface area contributed by atoms with Gasteiger partial charge in [0.05, 0.1) is 18.0 Å². The van der Waals surface area contributed by atoms with E-state index in [1.54, 1.807) is 19.2 Å². The molecule has 1 atom stereocenters. The fourth-order valence-corrected chi connectivity index (χ4v) is 4.83. The smallest absolute Gasteiger partial charge is 0.251 e. The summed E-state index contributed by atoms with van der Waals surface area (Å²) in [5.74, 6) is 0.352. The fraction of sp³-hybridized carbons (Fsp3) is 0.381. The summed E-state index contributed by atoms with van der Waals surface area (Å²) in [6.45, 7) is 4.13. The molecule has 1 N–H and O–H groups in total. The van der Waals surface area contributed by atoms with E-state index in [1.807, 2.05) is 38.2 Å². The minimum absolute atomic E-state index is 0.139. The minimum Gasteiger partial charge on any atom is -0.496 e. The highest BCUT2D eigenvalue weighted by atomic mass is 32.2. The maximum Gasteiger partial charge on any atom is 0.251 e. The third-order valence-corrected chi connectivity index (χ3v) is 7.04. The highest BCUT2D eigenvalue weighted by Gasteiger charge is 2.28. The predicted octanol–water partition coefficient (Wildman–Crippen LogP) is 2.12. The van der Waals surface area contributed by atoms with Crippen LogP contribution in [0.4, 0.5) is 0 Å². The highest BCUT2D eigenvalue weighted by Crippen LogP contribution is 2.25. The van der Waals surface area contributed by atoms with Gasteiger partial charge in [0.25, 0.3) is 5.91 Å². The van der Waals surface area contributed by atoms with E-state index in [2.05, 4.69) is 10.2 Å². The van der Waals surface area contributed by atoms with E-state index in [-0.39, 0.29) is 16.8 Å². The zero-order chi connectivity index (χ0) is 21.0. The van der Waals surface area contributed by atoms with E-state index in [0.29, 0.717) is 37.5 Å². The molecule has 0 saturated carbocycles. The lowest BCUT2D eigenvalue weighted by molar-refractivity contribution is 0.0939. The number of hydrogen-bond acceptors (Lipinski definition) is 5. The molecule has 0 spiro atoms. The van der Waals surface area contributed by atoms with E-state index in [1.165, 1.54) is 16.4 Å². The summed E-state index contributed by atoms with van der Waals surface area (Å²) in [5, 5.41) is 2.92. The van der Waals surface area contributed by atoms with Crippen LogP contribution in [0.25, 0.3) is 0 Å². The molecule has 1 amide bonds. The first-order chi connectivity index (χ1) is 13.8. The van der Waals surface area contributed by atoms with Crippen molar-refractivity contribution in [2.24, 2.45) is 0 Å². The summed E-state index contributed by atoms with van der Waals surface area (Å²) in [6.07, 6.45) is 0. The van der Waals surface area contributed by atoms with Gasteiger partial charge in [-0.2, -0.15) is 4.31 Å². The number of ether oxygens (including phenoxy) is 1. The van der Waals surface area contributed by atoms with Crippen LogP contribution in [0.5, 0.6) is 5.75 Å². The van der Waals surface area contributed by atoms with Crippen LogP contribution in [-0.4, -0.2) is 63.9 Å². The number of para-hydroxylation sites is 1. The minimum atomic E-state index is -3.63. The van der Waals surface area contributed by atoms with Gasteiger partial charge in [-0.05, 0) is 38.2 Å². The van der Waals surface area contributed by atoms with Crippen LogP contribution in [0.3, 0.4) is 0 Å². The number of methoxy groups -OCH3 is 1. The van der Waals surface area contributed by atoms with Crippen molar-refractivity contribution >= 4 is 15.9 Å². The fourth-order valence-electron chi connectivity index (χ4n) is 3.36. The van der Waals surface area contributed by atoms with Crippen molar-refractivity contribution < 1.29 is 17.9 Å². The van der Waals surface area contributed by atoms with Crippen LogP contribution in [0.2, 0.25) is 0 Å². The molecular formula is C21H27N3O4S. The molecule has 3 rings (SSSR count). The third-order valence-electron chi connectivity index (χ3n) is 5.15. The summed E-state index contributed by atoms with van der Waals surface area (Å²) >= 11 is 0. The zero-order valence-corrected chi connectivity index (χ0v) is 17.8. The molecule has 29 heavy (non-hydrogen) atoms. The molecule has 0 radical (unpaired) electrons. The van der Waals surface area contributed by atoms with Crippen LogP contribution in [0.15, 0.2) is 53.4 Å². The van der Waals surface area contributed by atoms with Crippen molar-refractivity contribution in [3.63, 3.8) is 0 Å². The number of nitrogens with one attached hydrogen (secondary N) is 1. The van der Waals surface area contributed by atoms with E-state index < -0.39 is 10.0 Å². The molecule has 0 bridgehead atoms. The van der Waals surface area contributed by atoms with Gasteiger partial charge in [0.2, 0.25) is 10.0 Å². The van der Waals surface area contributed by atoms with E-state index >= 15 is 0 Å². The van der Waals surface area contributed by atoms with Gasteiger partial charge < -0.3 is 15.0 Å². The van der Waals surface area contributed by atoms with Crippen LogP contribution >= 0.6 is 0 Å². The average molecular weight is 418 g/mol. The van der Waals surface area contributed by atoms with Gasteiger partial charge in [-0.25, -0.2) is 8.42 Å². The molecule has 1 unspecified atom stereocenters. The van der Waals surface area contributed by atoms with Gasteiger partial charge in [0.1, 0.15) is 5.75 Å². The molecule has 0 aliphatic carbocycles. The van der Waals surface area contributed by atoms with Crippen molar-refractivity contribution in [3.8, 4) is 5.75 Å². The highest BCUT2D eigenvalue weighted by molar-refractivity contribution is 7.89. The Hall–Kier alpha value is -2.42. The Kier molecular flexibility index (Phi) is 6.56. The van der Waals surface area contributed by atoms with Crippen LogP contribution < -0.4 is 10.1 Å². The van der Waals surface area contributed by atoms with Crippen LogP contribution in [0.1, 0.15) is 28.9 Å². The lowest BCUT2D eigenvalue weighted by Gasteiger charge is -2.31. The summed E-state index contributed by atoms with van der Waals surface area (Å²) in [4.78, 5) is 15.0. The maximum absolute atomic E-state index is 13.0. The Labute approximate surface area is 172 Å². The Morgan fingerprint density at radius 3 is 2.45 bits per heavy atom. The lowest BCUT2D eigenvalue weighted by Crippen LogP contribution is -2.47. The predicted molar refractivity (Wildman–Crippen MR) is 112 cm³/mol. The van der Waals surface area contributed by atoms with Gasteiger partial charge in [0.15, 0.2) is 0 Å². The molecule has 1 saturated heterocycles. The summed E-state index contributed by atoms with van der Waals surface area (Å²) < 4.78 is 32.7. The van der Waals surface area contributed by atoms with E-state index in [0.717, 1.165) is 5.56 Å². The van der Waals surface area contributed by atoms with E-state index in [4.69, 9.17) is 4.74 Å². The number of likely N-dealkylation sites (N-methyl/N-ethyl adjacent to an activating group) is 1. The molecule has 1 aliphatic rings. The second-order valence-corrected chi connectivity index (χ2v) is 9.11. The Morgan fingerprint density at radius 2 is 1.76 bits per heavy atom. The van der Waals surface area contributed by atoms with E-state index in [9.17, 15) is 13.2 Å². The number of benzene rings is 2. The first-order valence-electron chi connectivity index (χ1n) is 9.55. The molecule has 7 nitrogen and oxygen atoms in total. The van der Waals surface area contributed by atoms with Crippen molar-refractivity contribution in [2.45, 2.75) is 17.9 Å². The van der Waals surface area contributed by atoms with Gasteiger partial charge in [-0.3, -0.25) is 4.79 Å². The van der Waals surface area contributed by atoms with Gasteiger partial charge in [-0.15, -0.1) is 0 Å². The molecule has 1 aliphatic heterocycles. The topological polar surface area (TPSA) is 78.9 Å². The quantitative estimate of drug-likeness (QED) is 0.779. The lowest BCUT2D eigenvalue weighted by atomic mass is 10.1. The first-order valence-corrected chi connectivity index (χ1v) is 11.0. The zero-order valence-electron chi connectivity index (χ0n) is 17.0. The van der Waals surface area contributed by atoms with Crippen molar-refractivity contribution in [1.29, 1.82) is 0 Å². The molecule has 2 aromatic carbocycles. The maximum atomic E-state index is 13.0. The van der Waals surface area contributed by atoms with Gasteiger partial charge in [-0.1, -0.05) is 24.3 Å². The Morgan fingerprint density at radius 1 is 1.07 bits per heavy atom. The molecule has 1 fully saturated rings. The monoisotopic (exact) mass is 417 g/mol.